The van der Waals surface area contributed by atoms with Crippen LogP contribution in [0.15, 0.2) is 9.89 Å². The van der Waals surface area contributed by atoms with Gasteiger partial charge in [0.15, 0.2) is 23.3 Å². The lowest BCUT2D eigenvalue weighted by molar-refractivity contribution is 0.0525. The first-order valence-corrected chi connectivity index (χ1v) is 10.2. The summed E-state index contributed by atoms with van der Waals surface area (Å²) >= 11 is 0. The summed E-state index contributed by atoms with van der Waals surface area (Å²) in [5, 5.41) is 0. The minimum atomic E-state index is -3.88. The predicted molar refractivity (Wildman–Crippen MR) is 98.6 cm³/mol. The summed E-state index contributed by atoms with van der Waals surface area (Å²) in [6, 6.07) is 0. The molecule has 2 N–H and O–H groups in total. The van der Waals surface area contributed by atoms with E-state index in [9.17, 15) is 35.9 Å². The normalized spacial score (nSPS) is 16.0. The molecule has 162 valence electrons. The topological polar surface area (TPSA) is 92.0 Å². The molecule has 0 amide bonds. The Bertz CT molecular complexity index is 1060. The number of hydrogen-bond acceptors (Lipinski definition) is 6. The van der Waals surface area contributed by atoms with Crippen molar-refractivity contribution in [2.24, 2.45) is 4.99 Å². The number of esters is 1. The molecule has 0 bridgehead atoms. The van der Waals surface area contributed by atoms with Gasteiger partial charge in [-0.05, 0) is 13.8 Å². The zero-order valence-electron chi connectivity index (χ0n) is 15.6. The van der Waals surface area contributed by atoms with E-state index in [2.05, 4.69) is 9.98 Å². The van der Waals surface area contributed by atoms with Gasteiger partial charge in [0.05, 0.1) is 40.6 Å². The molecule has 0 saturated heterocycles. The molecule has 0 atom stereocenters. The standard InChI is InChI=1S/C18H15F5N2O4S/c1-3-29-18(26)9-7(2)25-8-6-24-4-5-30(27,28)17(8)10(9)11-12(19)14(21)16(23)15(22)13(11)20/h6,27-28H,3-5H2,1-2H3. The molecule has 0 radical (unpaired) electrons. The van der Waals surface area contributed by atoms with Crippen LogP contribution in [0.4, 0.5) is 22.0 Å². The quantitative estimate of drug-likeness (QED) is 0.312. The highest BCUT2D eigenvalue weighted by Gasteiger charge is 2.37. The second-order valence-corrected chi connectivity index (χ2v) is 8.38. The molecule has 0 unspecified atom stereocenters. The molecule has 2 aromatic rings. The van der Waals surface area contributed by atoms with E-state index >= 15 is 0 Å². The Labute approximate surface area is 168 Å². The Kier molecular flexibility index (Phi) is 5.85. The molecule has 1 aliphatic rings. The fraction of sp³-hybridized carbons (Fsp3) is 0.278. The van der Waals surface area contributed by atoms with Crippen LogP contribution in [0.3, 0.4) is 0 Å². The summed E-state index contributed by atoms with van der Waals surface area (Å²) in [6.07, 6.45) is 1.08. The van der Waals surface area contributed by atoms with Crippen LogP contribution in [-0.4, -0.2) is 45.2 Å². The van der Waals surface area contributed by atoms with Crippen molar-refractivity contribution in [1.29, 1.82) is 0 Å². The predicted octanol–water partition coefficient (Wildman–Crippen LogP) is 4.47. The molecule has 1 aliphatic heterocycles. The number of aryl methyl sites for hydroxylation is 1. The SMILES string of the molecule is CCOC(=O)c1c(C)nc2c(c1-c1c(F)c(F)c(F)c(F)c1F)S(O)(O)CCN=C2. The molecular weight excluding hydrogens is 435 g/mol. The van der Waals surface area contributed by atoms with Crippen LogP contribution in [0, 0.1) is 36.0 Å². The lowest BCUT2D eigenvalue weighted by Crippen LogP contribution is -2.18. The van der Waals surface area contributed by atoms with E-state index in [0.717, 1.165) is 6.21 Å². The summed E-state index contributed by atoms with van der Waals surface area (Å²) in [5.41, 5.74) is -3.45. The van der Waals surface area contributed by atoms with Crippen molar-refractivity contribution in [3.8, 4) is 11.1 Å². The van der Waals surface area contributed by atoms with Crippen LogP contribution in [0.25, 0.3) is 11.1 Å². The van der Waals surface area contributed by atoms with Crippen molar-refractivity contribution in [3.63, 3.8) is 0 Å². The van der Waals surface area contributed by atoms with E-state index in [1.807, 2.05) is 0 Å². The van der Waals surface area contributed by atoms with Gasteiger partial charge in [-0.25, -0.2) is 31.7 Å². The minimum absolute atomic E-state index is 0.108. The molecule has 30 heavy (non-hydrogen) atoms. The zero-order valence-corrected chi connectivity index (χ0v) is 16.4. The second-order valence-electron chi connectivity index (χ2n) is 6.23. The van der Waals surface area contributed by atoms with E-state index in [4.69, 9.17) is 4.74 Å². The fourth-order valence-electron chi connectivity index (χ4n) is 3.08. The van der Waals surface area contributed by atoms with Crippen molar-refractivity contribution in [1.82, 2.24) is 4.98 Å². The number of carbonyl (C=O) groups is 1. The second kappa shape index (κ2) is 7.93. The molecule has 0 spiro atoms. The molecule has 2 heterocycles. The van der Waals surface area contributed by atoms with Gasteiger partial charge in [0.25, 0.3) is 0 Å². The number of benzene rings is 1. The molecule has 1 aromatic heterocycles. The van der Waals surface area contributed by atoms with Gasteiger partial charge >= 0.3 is 5.97 Å². The number of aromatic nitrogens is 1. The van der Waals surface area contributed by atoms with E-state index in [0.29, 0.717) is 0 Å². The van der Waals surface area contributed by atoms with Gasteiger partial charge in [0, 0.05) is 11.8 Å². The van der Waals surface area contributed by atoms with E-state index < -0.39 is 73.0 Å². The van der Waals surface area contributed by atoms with Gasteiger partial charge in [-0.1, -0.05) is 0 Å². The van der Waals surface area contributed by atoms with E-state index in [1.54, 1.807) is 0 Å². The monoisotopic (exact) mass is 450 g/mol. The number of carbonyl (C=O) groups excluding carboxylic acids is 1. The number of pyridine rings is 1. The summed E-state index contributed by atoms with van der Waals surface area (Å²) in [6.45, 7) is 2.39. The average molecular weight is 450 g/mol. The lowest BCUT2D eigenvalue weighted by atomic mass is 9.96. The number of fused-ring (bicyclic) bond motifs is 1. The number of ether oxygens (including phenoxy) is 1. The van der Waals surface area contributed by atoms with Crippen LogP contribution in [0.1, 0.15) is 28.7 Å². The molecule has 1 aromatic carbocycles. The van der Waals surface area contributed by atoms with Crippen molar-refractivity contribution in [3.05, 3.63) is 46.0 Å². The maximum Gasteiger partial charge on any atom is 0.340 e. The van der Waals surface area contributed by atoms with E-state index in [1.165, 1.54) is 13.8 Å². The van der Waals surface area contributed by atoms with Crippen LogP contribution in [0.2, 0.25) is 0 Å². The third-order valence-electron chi connectivity index (χ3n) is 4.34. The maximum absolute atomic E-state index is 14.7. The van der Waals surface area contributed by atoms with Gasteiger partial charge in [0.1, 0.15) is 5.69 Å². The van der Waals surface area contributed by atoms with Gasteiger partial charge in [-0.3, -0.25) is 14.1 Å². The Morgan fingerprint density at radius 1 is 1.07 bits per heavy atom. The van der Waals surface area contributed by atoms with Gasteiger partial charge in [-0.15, -0.1) is 0 Å². The van der Waals surface area contributed by atoms with Crippen LogP contribution >= 0.6 is 10.6 Å². The number of nitrogens with zero attached hydrogens (tertiary/aromatic N) is 2. The molecule has 12 heteroatoms. The number of hydrogen-bond donors (Lipinski definition) is 2. The third kappa shape index (κ3) is 3.44. The first-order valence-electron chi connectivity index (χ1n) is 8.52. The highest BCUT2D eigenvalue weighted by Crippen LogP contribution is 2.55. The van der Waals surface area contributed by atoms with E-state index in [-0.39, 0.29) is 24.5 Å². The molecular formula is C18H15F5N2O4S. The molecule has 3 rings (SSSR count). The Morgan fingerprint density at radius 3 is 2.20 bits per heavy atom. The first-order chi connectivity index (χ1) is 14.0. The molecule has 0 saturated carbocycles. The Balaban J connectivity index is 2.58. The molecule has 0 aliphatic carbocycles. The van der Waals surface area contributed by atoms with Crippen LogP contribution < -0.4 is 0 Å². The summed E-state index contributed by atoms with van der Waals surface area (Å²) in [5.74, 6) is -13.0. The van der Waals surface area contributed by atoms with Crippen LogP contribution in [0.5, 0.6) is 0 Å². The highest BCUT2D eigenvalue weighted by atomic mass is 32.3. The average Bonchev–Trinajstić information content (AvgIpc) is 2.82. The first kappa shape index (κ1) is 22.1. The largest absolute Gasteiger partial charge is 0.462 e. The van der Waals surface area contributed by atoms with Gasteiger partial charge < -0.3 is 4.74 Å². The lowest BCUT2D eigenvalue weighted by Gasteiger charge is -2.34. The van der Waals surface area contributed by atoms with Gasteiger partial charge in [-0.2, -0.15) is 10.6 Å². The number of aliphatic imine (C=N–C) groups is 1. The summed E-state index contributed by atoms with van der Waals surface area (Å²) in [7, 11) is -3.88. The number of rotatable bonds is 3. The van der Waals surface area contributed by atoms with Crippen molar-refractivity contribution in [2.75, 3.05) is 18.9 Å². The Morgan fingerprint density at radius 2 is 1.63 bits per heavy atom. The fourth-order valence-corrected chi connectivity index (χ4v) is 4.61. The minimum Gasteiger partial charge on any atom is -0.462 e. The van der Waals surface area contributed by atoms with Gasteiger partial charge in [0.2, 0.25) is 5.82 Å². The zero-order chi connectivity index (χ0) is 22.4. The smallest absolute Gasteiger partial charge is 0.340 e. The summed E-state index contributed by atoms with van der Waals surface area (Å²) < 4.78 is 96.9. The van der Waals surface area contributed by atoms with Crippen molar-refractivity contribution >= 4 is 22.8 Å². The number of halogens is 5. The summed E-state index contributed by atoms with van der Waals surface area (Å²) in [4.78, 5) is 19.8. The van der Waals surface area contributed by atoms with Crippen molar-refractivity contribution < 1.29 is 40.6 Å². The Hall–Kier alpha value is -2.57. The van der Waals surface area contributed by atoms with Crippen LogP contribution in [-0.2, 0) is 4.74 Å². The molecule has 0 fully saturated rings. The van der Waals surface area contributed by atoms with Crippen molar-refractivity contribution in [2.45, 2.75) is 18.7 Å². The maximum atomic E-state index is 14.7. The highest BCUT2D eigenvalue weighted by molar-refractivity contribution is 8.24. The third-order valence-corrected chi connectivity index (χ3v) is 6.16. The molecule has 6 nitrogen and oxygen atoms in total.